The van der Waals surface area contributed by atoms with E-state index in [9.17, 15) is 0 Å². The molecule has 0 saturated heterocycles. The number of furan rings is 1. The normalized spacial score (nSPS) is 10.9. The lowest BCUT2D eigenvalue weighted by Crippen LogP contribution is -1.72. The van der Waals surface area contributed by atoms with Crippen LogP contribution in [-0.2, 0) is 0 Å². The van der Waals surface area contributed by atoms with E-state index in [1.165, 1.54) is 0 Å². The number of hydrogen-bond donors (Lipinski definition) is 0. The third-order valence-corrected chi connectivity index (χ3v) is 2.30. The minimum Gasteiger partial charge on any atom is -0.451 e. The first-order valence-corrected chi connectivity index (χ1v) is 5.26. The molecule has 0 unspecified atom stereocenters. The Balaban J connectivity index is 2.15. The Labute approximate surface area is 95.8 Å². The van der Waals surface area contributed by atoms with Crippen molar-refractivity contribution in [2.75, 3.05) is 0 Å². The van der Waals surface area contributed by atoms with Crippen molar-refractivity contribution in [1.82, 2.24) is 4.98 Å². The van der Waals surface area contributed by atoms with Crippen molar-refractivity contribution in [2.45, 2.75) is 0 Å². The molecule has 0 bridgehead atoms. The summed E-state index contributed by atoms with van der Waals surface area (Å²) in [7, 11) is 0. The first kappa shape index (κ1) is 9.45. The van der Waals surface area contributed by atoms with E-state index in [-0.39, 0.29) is 0 Å². The molecule has 0 aliphatic heterocycles. The van der Waals surface area contributed by atoms with Gasteiger partial charge in [-0.1, -0.05) is 6.07 Å². The third-order valence-electron chi connectivity index (χ3n) is 1.72. The third kappa shape index (κ3) is 2.45. The topological polar surface area (TPSA) is 26.0 Å². The van der Waals surface area contributed by atoms with Crippen LogP contribution in [0.1, 0.15) is 11.3 Å². The smallest absolute Gasteiger partial charge is 0.164 e. The molecule has 14 heavy (non-hydrogen) atoms. The summed E-state index contributed by atoms with van der Waals surface area (Å²) in [4.78, 5) is 4.02. The summed E-state index contributed by atoms with van der Waals surface area (Å²) in [5.41, 5.74) is 1.07. The number of aromatic nitrogens is 1. The van der Waals surface area contributed by atoms with Gasteiger partial charge in [-0.05, 0) is 58.5 Å². The van der Waals surface area contributed by atoms with Crippen molar-refractivity contribution in [1.29, 1.82) is 0 Å². The van der Waals surface area contributed by atoms with Gasteiger partial charge in [0, 0.05) is 12.4 Å². The maximum absolute atomic E-state index is 5.38. The van der Waals surface area contributed by atoms with Gasteiger partial charge in [-0.3, -0.25) is 4.98 Å². The monoisotopic (exact) mass is 297 g/mol. The Morgan fingerprint density at radius 3 is 2.79 bits per heavy atom. The number of pyridine rings is 1. The molecule has 0 saturated carbocycles. The van der Waals surface area contributed by atoms with E-state index >= 15 is 0 Å². The summed E-state index contributed by atoms with van der Waals surface area (Å²) in [6, 6.07) is 7.78. The molecule has 0 aromatic carbocycles. The fraction of sp³-hybridized carbons (Fsp3) is 0. The second-order valence-corrected chi connectivity index (χ2v) is 3.82. The van der Waals surface area contributed by atoms with Gasteiger partial charge < -0.3 is 4.42 Å². The fourth-order valence-electron chi connectivity index (χ4n) is 1.07. The van der Waals surface area contributed by atoms with Crippen LogP contribution in [-0.4, -0.2) is 4.98 Å². The van der Waals surface area contributed by atoms with Gasteiger partial charge >= 0.3 is 0 Å². The van der Waals surface area contributed by atoms with Crippen LogP contribution in [0.25, 0.3) is 12.2 Å². The molecule has 70 valence electrons. The standard InChI is InChI=1S/C11H8INO/c12-11-6-5-10(14-11)4-3-9-2-1-7-13-8-9/h1-8H/b4-3+. The molecule has 0 N–H and O–H groups in total. The average Bonchev–Trinajstić information content (AvgIpc) is 2.63. The van der Waals surface area contributed by atoms with Crippen LogP contribution >= 0.6 is 22.6 Å². The van der Waals surface area contributed by atoms with E-state index in [4.69, 9.17) is 4.42 Å². The molecule has 2 nitrogen and oxygen atoms in total. The van der Waals surface area contributed by atoms with E-state index in [1.54, 1.807) is 6.20 Å². The first-order valence-electron chi connectivity index (χ1n) is 4.18. The lowest BCUT2D eigenvalue weighted by molar-refractivity contribution is 0.529. The molecule has 0 radical (unpaired) electrons. The summed E-state index contributed by atoms with van der Waals surface area (Å²) in [6.07, 6.45) is 7.47. The Morgan fingerprint density at radius 1 is 1.21 bits per heavy atom. The molecule has 2 rings (SSSR count). The zero-order chi connectivity index (χ0) is 9.80. The number of nitrogens with zero attached hydrogens (tertiary/aromatic N) is 1. The highest BCUT2D eigenvalue weighted by molar-refractivity contribution is 14.1. The van der Waals surface area contributed by atoms with Crippen molar-refractivity contribution in [2.24, 2.45) is 0 Å². The van der Waals surface area contributed by atoms with Gasteiger partial charge in [-0.15, -0.1) is 0 Å². The van der Waals surface area contributed by atoms with Crippen LogP contribution in [0.15, 0.2) is 41.1 Å². The van der Waals surface area contributed by atoms with Gasteiger partial charge in [0.25, 0.3) is 0 Å². The predicted octanol–water partition coefficient (Wildman–Crippen LogP) is 3.45. The van der Waals surface area contributed by atoms with Gasteiger partial charge in [0.2, 0.25) is 0 Å². The fourth-order valence-corrected chi connectivity index (χ4v) is 1.50. The highest BCUT2D eigenvalue weighted by Crippen LogP contribution is 2.12. The molecule has 3 heteroatoms. The molecule has 0 fully saturated rings. The maximum Gasteiger partial charge on any atom is 0.164 e. The first-order chi connectivity index (χ1) is 6.84. The molecule has 0 amide bonds. The summed E-state index contributed by atoms with van der Waals surface area (Å²) < 4.78 is 6.28. The predicted molar refractivity (Wildman–Crippen MR) is 64.6 cm³/mol. The van der Waals surface area contributed by atoms with Crippen molar-refractivity contribution in [3.8, 4) is 0 Å². The Kier molecular flexibility index (Phi) is 2.98. The minimum atomic E-state index is 0.859. The molecule has 0 spiro atoms. The largest absolute Gasteiger partial charge is 0.451 e. The van der Waals surface area contributed by atoms with Crippen molar-refractivity contribution >= 4 is 34.7 Å². The number of halogens is 1. The second-order valence-electron chi connectivity index (χ2n) is 2.76. The molecular weight excluding hydrogens is 289 g/mol. The van der Waals surface area contributed by atoms with E-state index in [0.717, 1.165) is 15.1 Å². The quantitative estimate of drug-likeness (QED) is 0.794. The zero-order valence-corrected chi connectivity index (χ0v) is 9.51. The van der Waals surface area contributed by atoms with Crippen molar-refractivity contribution in [3.05, 3.63) is 51.7 Å². The Hall–Kier alpha value is -1.10. The van der Waals surface area contributed by atoms with Crippen LogP contribution in [0.5, 0.6) is 0 Å². The van der Waals surface area contributed by atoms with Crippen LogP contribution in [0.4, 0.5) is 0 Å². The lowest BCUT2D eigenvalue weighted by atomic mass is 10.2. The zero-order valence-electron chi connectivity index (χ0n) is 7.35. The molecule has 2 aromatic heterocycles. The van der Waals surface area contributed by atoms with Crippen LogP contribution in [0, 0.1) is 3.77 Å². The molecule has 2 heterocycles. The van der Waals surface area contributed by atoms with E-state index in [1.807, 2.05) is 42.6 Å². The summed E-state index contributed by atoms with van der Waals surface area (Å²) in [5, 5.41) is 0. The Morgan fingerprint density at radius 2 is 2.14 bits per heavy atom. The summed E-state index contributed by atoms with van der Waals surface area (Å²) in [6.45, 7) is 0. The summed E-state index contributed by atoms with van der Waals surface area (Å²) >= 11 is 2.14. The van der Waals surface area contributed by atoms with Crippen LogP contribution in [0.3, 0.4) is 0 Å². The van der Waals surface area contributed by atoms with Gasteiger partial charge in [-0.2, -0.15) is 0 Å². The van der Waals surface area contributed by atoms with Gasteiger partial charge in [0.05, 0.1) is 0 Å². The van der Waals surface area contributed by atoms with E-state index < -0.39 is 0 Å². The molecule has 0 aliphatic carbocycles. The second kappa shape index (κ2) is 4.41. The number of rotatable bonds is 2. The maximum atomic E-state index is 5.38. The molecule has 2 aromatic rings. The van der Waals surface area contributed by atoms with E-state index in [0.29, 0.717) is 0 Å². The van der Waals surface area contributed by atoms with E-state index in [2.05, 4.69) is 27.6 Å². The highest BCUT2D eigenvalue weighted by atomic mass is 127. The van der Waals surface area contributed by atoms with Gasteiger partial charge in [0.1, 0.15) is 5.76 Å². The van der Waals surface area contributed by atoms with Crippen molar-refractivity contribution < 1.29 is 4.42 Å². The highest BCUT2D eigenvalue weighted by Gasteiger charge is 1.93. The molecule has 0 atom stereocenters. The van der Waals surface area contributed by atoms with Crippen LogP contribution < -0.4 is 0 Å². The minimum absolute atomic E-state index is 0.859. The van der Waals surface area contributed by atoms with Crippen LogP contribution in [0.2, 0.25) is 0 Å². The Bertz CT molecular complexity index is 434. The SMILES string of the molecule is Ic1ccc(/C=C/c2cccnc2)o1. The molecule has 0 aliphatic rings. The van der Waals surface area contributed by atoms with Gasteiger partial charge in [-0.25, -0.2) is 0 Å². The summed E-state index contributed by atoms with van der Waals surface area (Å²) in [5.74, 6) is 0.859. The number of hydrogen-bond acceptors (Lipinski definition) is 2. The average molecular weight is 297 g/mol. The van der Waals surface area contributed by atoms with Crippen molar-refractivity contribution in [3.63, 3.8) is 0 Å². The molecular formula is C11H8INO. The van der Waals surface area contributed by atoms with Gasteiger partial charge in [0.15, 0.2) is 3.77 Å². The lowest BCUT2D eigenvalue weighted by Gasteiger charge is -1.89.